The highest BCUT2D eigenvalue weighted by Gasteiger charge is 2.27. The van der Waals surface area contributed by atoms with Crippen molar-refractivity contribution in [3.05, 3.63) is 29.6 Å². The molecule has 2 aromatic rings. The topological polar surface area (TPSA) is 34.9 Å². The first-order chi connectivity index (χ1) is 8.78. The quantitative estimate of drug-likeness (QED) is 0.800. The molecule has 0 saturated heterocycles. The van der Waals surface area contributed by atoms with Crippen molar-refractivity contribution in [1.29, 1.82) is 0 Å². The normalized spacial score (nSPS) is 12.1. The molecule has 0 amide bonds. The number of aromatic nitrogens is 2. The fraction of sp³-hybridized carbons (Fsp3) is 0.385. The van der Waals surface area contributed by atoms with Crippen LogP contribution >= 0.6 is 0 Å². The maximum Gasteiger partial charge on any atom is 0.390 e. The van der Waals surface area contributed by atoms with Crippen molar-refractivity contribution >= 4 is 16.8 Å². The van der Waals surface area contributed by atoms with Gasteiger partial charge in [-0.15, -0.1) is 0 Å². The lowest BCUT2D eigenvalue weighted by Gasteiger charge is -2.09. The van der Waals surface area contributed by atoms with Gasteiger partial charge in [-0.1, -0.05) is 0 Å². The number of aryl methyl sites for hydroxylation is 2. The summed E-state index contributed by atoms with van der Waals surface area (Å²) >= 11 is 0. The van der Waals surface area contributed by atoms with Crippen molar-refractivity contribution in [2.45, 2.75) is 33.0 Å². The first-order valence-corrected chi connectivity index (χ1v) is 5.82. The van der Waals surface area contributed by atoms with E-state index in [0.717, 1.165) is 0 Å². The van der Waals surface area contributed by atoms with Crippen molar-refractivity contribution in [3.63, 3.8) is 0 Å². The molecule has 0 bridgehead atoms. The van der Waals surface area contributed by atoms with Gasteiger partial charge in [0.15, 0.2) is 5.78 Å². The maximum atomic E-state index is 12.3. The lowest BCUT2D eigenvalue weighted by atomic mass is 10.1. The van der Waals surface area contributed by atoms with Crippen LogP contribution in [-0.4, -0.2) is 21.5 Å². The van der Waals surface area contributed by atoms with Crippen LogP contribution in [0.4, 0.5) is 13.2 Å². The van der Waals surface area contributed by atoms with Gasteiger partial charge < -0.3 is 4.57 Å². The number of hydrogen-bond acceptors (Lipinski definition) is 2. The van der Waals surface area contributed by atoms with E-state index in [-0.39, 0.29) is 12.3 Å². The zero-order valence-corrected chi connectivity index (χ0v) is 10.6. The van der Waals surface area contributed by atoms with Crippen LogP contribution in [0.15, 0.2) is 18.2 Å². The summed E-state index contributed by atoms with van der Waals surface area (Å²) in [6.45, 7) is 2.93. The third-order valence-electron chi connectivity index (χ3n) is 2.96. The third-order valence-corrected chi connectivity index (χ3v) is 2.96. The SMILES string of the molecule is CC(=O)c1ccc2c(c1)nc(C)n2CCC(F)(F)F. The highest BCUT2D eigenvalue weighted by atomic mass is 19.4. The molecule has 19 heavy (non-hydrogen) atoms. The Labute approximate surface area is 108 Å². The van der Waals surface area contributed by atoms with E-state index < -0.39 is 12.6 Å². The van der Waals surface area contributed by atoms with E-state index in [2.05, 4.69) is 4.98 Å². The van der Waals surface area contributed by atoms with Gasteiger partial charge in [0.2, 0.25) is 0 Å². The van der Waals surface area contributed by atoms with Crippen molar-refractivity contribution in [2.75, 3.05) is 0 Å². The average molecular weight is 270 g/mol. The van der Waals surface area contributed by atoms with Crippen molar-refractivity contribution in [1.82, 2.24) is 9.55 Å². The molecule has 3 nitrogen and oxygen atoms in total. The number of carbonyl (C=O) groups excluding carboxylic acids is 1. The number of nitrogens with zero attached hydrogens (tertiary/aromatic N) is 2. The van der Waals surface area contributed by atoms with Crippen molar-refractivity contribution < 1.29 is 18.0 Å². The Bertz CT molecular complexity index is 629. The first-order valence-electron chi connectivity index (χ1n) is 5.82. The molecule has 0 radical (unpaired) electrons. The summed E-state index contributed by atoms with van der Waals surface area (Å²) in [4.78, 5) is 15.5. The standard InChI is InChI=1S/C13H13F3N2O/c1-8(19)10-3-4-12-11(7-10)17-9(2)18(12)6-5-13(14,15)16/h3-4,7H,5-6H2,1-2H3. The van der Waals surface area contributed by atoms with E-state index >= 15 is 0 Å². The lowest BCUT2D eigenvalue weighted by Crippen LogP contribution is -2.13. The molecule has 0 aliphatic carbocycles. The van der Waals surface area contributed by atoms with Crippen LogP contribution in [0.5, 0.6) is 0 Å². The third kappa shape index (κ3) is 2.94. The fourth-order valence-electron chi connectivity index (χ4n) is 1.99. The molecule has 1 heterocycles. The Balaban J connectivity index is 2.39. The molecule has 0 atom stereocenters. The molecule has 1 aromatic heterocycles. The molecule has 0 spiro atoms. The number of ketones is 1. The predicted octanol–water partition coefficient (Wildman–Crippen LogP) is 3.50. The van der Waals surface area contributed by atoms with Crippen LogP contribution in [0.25, 0.3) is 11.0 Å². The molecular formula is C13H13F3N2O. The van der Waals surface area contributed by atoms with Crippen LogP contribution in [-0.2, 0) is 6.54 Å². The van der Waals surface area contributed by atoms with Gasteiger partial charge in [-0.2, -0.15) is 13.2 Å². The molecule has 6 heteroatoms. The minimum atomic E-state index is -4.19. The zero-order chi connectivity index (χ0) is 14.2. The number of alkyl halides is 3. The molecule has 2 rings (SSSR count). The molecule has 0 fully saturated rings. The smallest absolute Gasteiger partial charge is 0.328 e. The van der Waals surface area contributed by atoms with Gasteiger partial charge in [0, 0.05) is 12.1 Å². The molecule has 1 aromatic carbocycles. The summed E-state index contributed by atoms with van der Waals surface area (Å²) in [6, 6.07) is 4.85. The summed E-state index contributed by atoms with van der Waals surface area (Å²) in [7, 11) is 0. The van der Waals surface area contributed by atoms with Crippen molar-refractivity contribution in [2.24, 2.45) is 0 Å². The van der Waals surface area contributed by atoms with Gasteiger partial charge >= 0.3 is 6.18 Å². The van der Waals surface area contributed by atoms with E-state index in [0.29, 0.717) is 22.4 Å². The highest BCUT2D eigenvalue weighted by molar-refractivity contribution is 5.97. The molecule has 0 saturated carbocycles. The first kappa shape index (κ1) is 13.6. The maximum absolute atomic E-state index is 12.3. The predicted molar refractivity (Wildman–Crippen MR) is 65.1 cm³/mol. The molecule has 102 valence electrons. The number of hydrogen-bond donors (Lipinski definition) is 0. The van der Waals surface area contributed by atoms with E-state index in [1.54, 1.807) is 25.1 Å². The highest BCUT2D eigenvalue weighted by Crippen LogP contribution is 2.24. The lowest BCUT2D eigenvalue weighted by molar-refractivity contribution is -0.136. The van der Waals surface area contributed by atoms with E-state index in [9.17, 15) is 18.0 Å². The second kappa shape index (κ2) is 4.68. The van der Waals surface area contributed by atoms with Crippen LogP contribution in [0, 0.1) is 6.92 Å². The van der Waals surface area contributed by atoms with Gasteiger partial charge in [-0.05, 0) is 32.0 Å². The van der Waals surface area contributed by atoms with E-state index in [1.165, 1.54) is 11.5 Å². The van der Waals surface area contributed by atoms with E-state index in [4.69, 9.17) is 0 Å². The Morgan fingerprint density at radius 2 is 2.05 bits per heavy atom. The Morgan fingerprint density at radius 1 is 1.37 bits per heavy atom. The number of rotatable bonds is 3. The number of benzene rings is 1. The summed E-state index contributed by atoms with van der Waals surface area (Å²) < 4.78 is 38.3. The monoisotopic (exact) mass is 270 g/mol. The van der Waals surface area contributed by atoms with Gasteiger partial charge in [-0.25, -0.2) is 4.98 Å². The van der Waals surface area contributed by atoms with Crippen LogP contribution in [0.1, 0.15) is 29.5 Å². The summed E-state index contributed by atoms with van der Waals surface area (Å²) in [5.74, 6) is 0.421. The van der Waals surface area contributed by atoms with Gasteiger partial charge in [0.1, 0.15) is 5.82 Å². The Kier molecular flexibility index (Phi) is 3.34. The van der Waals surface area contributed by atoms with Gasteiger partial charge in [-0.3, -0.25) is 4.79 Å². The van der Waals surface area contributed by atoms with Gasteiger partial charge in [0.25, 0.3) is 0 Å². The summed E-state index contributed by atoms with van der Waals surface area (Å²) in [5.41, 5.74) is 1.67. The van der Waals surface area contributed by atoms with Crippen LogP contribution in [0.3, 0.4) is 0 Å². The molecule has 0 aliphatic rings. The number of Topliss-reactive ketones (excluding diaryl/α,β-unsaturated/α-hetero) is 1. The number of halogens is 3. The van der Waals surface area contributed by atoms with Crippen molar-refractivity contribution in [3.8, 4) is 0 Å². The minimum Gasteiger partial charge on any atom is -0.328 e. The van der Waals surface area contributed by atoms with Gasteiger partial charge in [0.05, 0.1) is 17.5 Å². The second-order valence-corrected chi connectivity index (χ2v) is 4.44. The summed E-state index contributed by atoms with van der Waals surface area (Å²) in [5, 5.41) is 0. The average Bonchev–Trinajstić information content (AvgIpc) is 2.59. The Morgan fingerprint density at radius 3 is 2.63 bits per heavy atom. The van der Waals surface area contributed by atoms with E-state index in [1.807, 2.05) is 0 Å². The van der Waals surface area contributed by atoms with Crippen LogP contribution < -0.4 is 0 Å². The second-order valence-electron chi connectivity index (χ2n) is 4.44. The Hall–Kier alpha value is -1.85. The summed E-state index contributed by atoms with van der Waals surface area (Å²) in [6.07, 6.45) is -5.09. The molecular weight excluding hydrogens is 257 g/mol. The number of fused-ring (bicyclic) bond motifs is 1. The largest absolute Gasteiger partial charge is 0.390 e. The number of imidazole rings is 1. The minimum absolute atomic E-state index is 0.0932. The molecule has 0 N–H and O–H groups in total. The zero-order valence-electron chi connectivity index (χ0n) is 10.6. The fourth-order valence-corrected chi connectivity index (χ4v) is 1.99. The number of carbonyl (C=O) groups is 1. The molecule has 0 unspecified atom stereocenters. The molecule has 0 aliphatic heterocycles. The van der Waals surface area contributed by atoms with Crippen LogP contribution in [0.2, 0.25) is 0 Å².